The van der Waals surface area contributed by atoms with Crippen LogP contribution < -0.4 is 0 Å². The van der Waals surface area contributed by atoms with Crippen molar-refractivity contribution < 1.29 is 14.1 Å². The third kappa shape index (κ3) is 3.68. The van der Waals surface area contributed by atoms with Crippen molar-refractivity contribution in [1.82, 2.24) is 14.7 Å². The molecule has 0 aromatic carbocycles. The molecule has 2 heterocycles. The number of amides is 1. The van der Waals surface area contributed by atoms with Crippen LogP contribution in [-0.2, 0) is 17.9 Å². The number of hydrogen-bond acceptors (Lipinski definition) is 5. The van der Waals surface area contributed by atoms with Crippen LogP contribution in [0.1, 0.15) is 42.8 Å². The van der Waals surface area contributed by atoms with E-state index in [0.717, 1.165) is 31.4 Å². The fourth-order valence-electron chi connectivity index (χ4n) is 3.29. The van der Waals surface area contributed by atoms with Gasteiger partial charge in [0.05, 0.1) is 17.7 Å². The van der Waals surface area contributed by atoms with E-state index in [9.17, 15) is 14.9 Å². The highest BCUT2D eigenvalue weighted by Crippen LogP contribution is 2.25. The average Bonchev–Trinajstić information content (AvgIpc) is 3.21. The van der Waals surface area contributed by atoms with Crippen LogP contribution in [0.5, 0.6) is 0 Å². The molecular weight excluding hydrogens is 336 g/mol. The van der Waals surface area contributed by atoms with Crippen LogP contribution in [0.15, 0.2) is 34.6 Å². The topological polar surface area (TPSA) is 94.4 Å². The van der Waals surface area contributed by atoms with E-state index in [2.05, 4.69) is 11.2 Å². The van der Waals surface area contributed by atoms with E-state index >= 15 is 0 Å². The molecule has 3 rings (SSSR count). The lowest BCUT2D eigenvalue weighted by molar-refractivity contribution is -0.386. The van der Waals surface area contributed by atoms with Gasteiger partial charge in [-0.2, -0.15) is 5.10 Å². The molecule has 0 fully saturated rings. The molecule has 0 bridgehead atoms. The van der Waals surface area contributed by atoms with Gasteiger partial charge in [-0.25, -0.2) is 0 Å². The van der Waals surface area contributed by atoms with Crippen molar-refractivity contribution in [2.75, 3.05) is 0 Å². The molecule has 26 heavy (non-hydrogen) atoms. The Morgan fingerprint density at radius 3 is 2.81 bits per heavy atom. The van der Waals surface area contributed by atoms with Crippen molar-refractivity contribution in [1.29, 1.82) is 0 Å². The molecule has 2 aromatic heterocycles. The standard InChI is InChI=1S/C18H22N4O4/c1-13-18(22(24)25)14(2)21(19-13)12-17(23)20(11-16-9-6-10-26-16)15-7-4-3-5-8-15/h6-7,9-10H,3-5,8,11-12H2,1-2H3. The van der Waals surface area contributed by atoms with E-state index < -0.39 is 4.92 Å². The lowest BCUT2D eigenvalue weighted by Gasteiger charge is -2.27. The van der Waals surface area contributed by atoms with Crippen molar-refractivity contribution in [3.63, 3.8) is 0 Å². The average molecular weight is 358 g/mol. The predicted octanol–water partition coefficient (Wildman–Crippen LogP) is 3.49. The summed E-state index contributed by atoms with van der Waals surface area (Å²) in [5.41, 5.74) is 1.65. The van der Waals surface area contributed by atoms with Gasteiger partial charge in [-0.05, 0) is 51.7 Å². The summed E-state index contributed by atoms with van der Waals surface area (Å²) >= 11 is 0. The highest BCUT2D eigenvalue weighted by molar-refractivity contribution is 5.78. The fourth-order valence-corrected chi connectivity index (χ4v) is 3.29. The van der Waals surface area contributed by atoms with Gasteiger partial charge in [0.1, 0.15) is 23.7 Å². The summed E-state index contributed by atoms with van der Waals surface area (Å²) in [7, 11) is 0. The molecule has 0 aliphatic heterocycles. The van der Waals surface area contributed by atoms with E-state index in [1.165, 1.54) is 4.68 Å². The monoisotopic (exact) mass is 358 g/mol. The van der Waals surface area contributed by atoms with Crippen LogP contribution in [0.25, 0.3) is 0 Å². The first-order valence-electron chi connectivity index (χ1n) is 8.67. The minimum absolute atomic E-state index is 0.0349. The van der Waals surface area contributed by atoms with Gasteiger partial charge in [0.15, 0.2) is 0 Å². The Labute approximate surface area is 151 Å². The maximum atomic E-state index is 13.0. The van der Waals surface area contributed by atoms with Crippen molar-refractivity contribution >= 4 is 11.6 Å². The van der Waals surface area contributed by atoms with E-state index in [1.54, 1.807) is 31.1 Å². The second-order valence-electron chi connectivity index (χ2n) is 6.43. The number of nitrogens with zero attached hydrogens (tertiary/aromatic N) is 4. The number of aromatic nitrogens is 2. The first-order valence-corrected chi connectivity index (χ1v) is 8.67. The van der Waals surface area contributed by atoms with Crippen LogP contribution in [0.2, 0.25) is 0 Å². The highest BCUT2D eigenvalue weighted by atomic mass is 16.6. The summed E-state index contributed by atoms with van der Waals surface area (Å²) in [4.78, 5) is 25.4. The molecule has 0 N–H and O–H groups in total. The fraction of sp³-hybridized carbons (Fsp3) is 0.444. The van der Waals surface area contributed by atoms with Gasteiger partial charge in [0.25, 0.3) is 0 Å². The van der Waals surface area contributed by atoms with Gasteiger partial charge < -0.3 is 9.32 Å². The first kappa shape index (κ1) is 17.9. The highest BCUT2D eigenvalue weighted by Gasteiger charge is 2.26. The second-order valence-corrected chi connectivity index (χ2v) is 6.43. The molecule has 0 saturated carbocycles. The van der Waals surface area contributed by atoms with Crippen LogP contribution in [0, 0.1) is 24.0 Å². The Bertz CT molecular complexity index is 836. The number of aryl methyl sites for hydroxylation is 1. The molecule has 1 aliphatic rings. The first-order chi connectivity index (χ1) is 12.5. The van der Waals surface area contributed by atoms with Crippen LogP contribution >= 0.6 is 0 Å². The molecule has 0 unspecified atom stereocenters. The molecule has 1 aliphatic carbocycles. The Balaban J connectivity index is 1.84. The summed E-state index contributed by atoms with van der Waals surface area (Å²) in [6.45, 7) is 3.50. The molecule has 0 spiro atoms. The quantitative estimate of drug-likeness (QED) is 0.582. The Morgan fingerprint density at radius 1 is 1.42 bits per heavy atom. The van der Waals surface area contributed by atoms with E-state index in [4.69, 9.17) is 4.42 Å². The van der Waals surface area contributed by atoms with Crippen molar-refractivity contribution in [3.05, 3.63) is 57.4 Å². The molecule has 0 radical (unpaired) electrons. The summed E-state index contributed by atoms with van der Waals surface area (Å²) in [5.74, 6) is 0.541. The molecule has 8 nitrogen and oxygen atoms in total. The van der Waals surface area contributed by atoms with Gasteiger partial charge in [-0.1, -0.05) is 6.08 Å². The third-order valence-corrected chi connectivity index (χ3v) is 4.62. The smallest absolute Gasteiger partial charge is 0.312 e. The van der Waals surface area contributed by atoms with Gasteiger partial charge in [-0.3, -0.25) is 19.6 Å². The molecule has 0 atom stereocenters. The molecule has 0 saturated heterocycles. The molecule has 2 aromatic rings. The molecule has 1 amide bonds. The number of allylic oxidation sites excluding steroid dienone is 2. The number of nitro groups is 1. The van der Waals surface area contributed by atoms with Crippen LogP contribution in [0.4, 0.5) is 5.69 Å². The van der Waals surface area contributed by atoms with Crippen molar-refractivity contribution in [2.45, 2.75) is 52.6 Å². The maximum absolute atomic E-state index is 13.0. The SMILES string of the molecule is Cc1nn(CC(=O)N(Cc2ccco2)C2=CCCCC2)c(C)c1[N+](=O)[O-]. The predicted molar refractivity (Wildman–Crippen MR) is 94.2 cm³/mol. The minimum Gasteiger partial charge on any atom is -0.467 e. The number of carbonyl (C=O) groups is 1. The third-order valence-electron chi connectivity index (χ3n) is 4.62. The van der Waals surface area contributed by atoms with Crippen molar-refractivity contribution in [3.8, 4) is 0 Å². The largest absolute Gasteiger partial charge is 0.467 e. The molecule has 8 heteroatoms. The summed E-state index contributed by atoms with van der Waals surface area (Å²) in [6, 6.07) is 3.62. The van der Waals surface area contributed by atoms with E-state index in [-0.39, 0.29) is 18.1 Å². The zero-order valence-corrected chi connectivity index (χ0v) is 15.0. The summed E-state index contributed by atoms with van der Waals surface area (Å²) < 4.78 is 6.81. The van der Waals surface area contributed by atoms with Crippen molar-refractivity contribution in [2.24, 2.45) is 0 Å². The van der Waals surface area contributed by atoms with Gasteiger partial charge in [-0.15, -0.1) is 0 Å². The zero-order valence-electron chi connectivity index (χ0n) is 15.0. The van der Waals surface area contributed by atoms with Gasteiger partial charge in [0, 0.05) is 5.70 Å². The number of carbonyl (C=O) groups excluding carboxylic acids is 1. The molecular formula is C18H22N4O4. The summed E-state index contributed by atoms with van der Waals surface area (Å²) in [5, 5.41) is 15.4. The Hall–Kier alpha value is -2.90. The minimum atomic E-state index is -0.455. The van der Waals surface area contributed by atoms with Gasteiger partial charge >= 0.3 is 5.69 Å². The van der Waals surface area contributed by atoms with E-state index in [0.29, 0.717) is 23.7 Å². The Kier molecular flexibility index (Phi) is 5.20. The lowest BCUT2D eigenvalue weighted by Crippen LogP contribution is -2.34. The zero-order chi connectivity index (χ0) is 18.7. The second kappa shape index (κ2) is 7.55. The maximum Gasteiger partial charge on any atom is 0.312 e. The number of rotatable bonds is 6. The molecule has 138 valence electrons. The normalized spacial score (nSPS) is 14.2. The van der Waals surface area contributed by atoms with Gasteiger partial charge in [0.2, 0.25) is 5.91 Å². The lowest BCUT2D eigenvalue weighted by atomic mass is 10.0. The van der Waals surface area contributed by atoms with E-state index in [1.807, 2.05) is 6.07 Å². The summed E-state index contributed by atoms with van der Waals surface area (Å²) in [6.07, 6.45) is 7.62. The Morgan fingerprint density at radius 2 is 2.23 bits per heavy atom. The van der Waals surface area contributed by atoms with Crippen LogP contribution in [0.3, 0.4) is 0 Å². The van der Waals surface area contributed by atoms with Crippen LogP contribution in [-0.4, -0.2) is 25.5 Å². The number of hydrogen-bond donors (Lipinski definition) is 0. The number of furan rings is 1.